The van der Waals surface area contributed by atoms with E-state index in [1.54, 1.807) is 0 Å². The van der Waals surface area contributed by atoms with Crippen molar-refractivity contribution in [1.82, 2.24) is 10.9 Å². The van der Waals surface area contributed by atoms with Gasteiger partial charge in [-0.05, 0) is 30.7 Å². The molecule has 3 amide bonds. The second-order valence-corrected chi connectivity index (χ2v) is 4.12. The average molecular weight is 265 g/mol. The van der Waals surface area contributed by atoms with Gasteiger partial charge >= 0.3 is 0 Å². The second-order valence-electron chi connectivity index (χ2n) is 4.12. The monoisotopic (exact) mass is 265 g/mol. The maximum Gasteiger partial charge on any atom is 0.251 e. The van der Waals surface area contributed by atoms with Crippen molar-refractivity contribution in [3.63, 3.8) is 0 Å². The zero-order valence-electron chi connectivity index (χ0n) is 9.90. The average Bonchev–Trinajstić information content (AvgIpc) is 2.70. The van der Waals surface area contributed by atoms with E-state index in [0.717, 1.165) is 0 Å². The number of hydrazine groups is 1. The van der Waals surface area contributed by atoms with Gasteiger partial charge in [0.15, 0.2) is 0 Å². The highest BCUT2D eigenvalue weighted by atomic mass is 19.1. The van der Waals surface area contributed by atoms with Gasteiger partial charge in [-0.15, -0.1) is 0 Å². The number of hydrogen-bond donors (Lipinski definition) is 3. The number of hydrogen-bond acceptors (Lipinski definition) is 3. The Balaban J connectivity index is 1.83. The van der Waals surface area contributed by atoms with E-state index < -0.39 is 23.5 Å². The molecule has 0 aliphatic carbocycles. The van der Waals surface area contributed by atoms with E-state index in [9.17, 15) is 18.8 Å². The van der Waals surface area contributed by atoms with E-state index in [1.807, 2.05) is 0 Å². The Morgan fingerprint density at radius 1 is 1.16 bits per heavy atom. The molecule has 0 atom stereocenters. The minimum absolute atomic E-state index is 0.0306. The van der Waals surface area contributed by atoms with Gasteiger partial charge in [0.25, 0.3) is 11.8 Å². The summed E-state index contributed by atoms with van der Waals surface area (Å²) in [5.74, 6) is -2.42. The highest BCUT2D eigenvalue weighted by molar-refractivity contribution is 6.05. The van der Waals surface area contributed by atoms with Crippen LogP contribution in [0.25, 0.3) is 0 Å². The normalized spacial score (nSPS) is 15.0. The molecule has 7 heteroatoms. The van der Waals surface area contributed by atoms with Gasteiger partial charge in [-0.3, -0.25) is 25.2 Å². The van der Waals surface area contributed by atoms with Crippen LogP contribution in [0.3, 0.4) is 0 Å². The van der Waals surface area contributed by atoms with Crippen molar-refractivity contribution < 1.29 is 18.8 Å². The topological polar surface area (TPSA) is 87.3 Å². The van der Waals surface area contributed by atoms with Crippen LogP contribution < -0.4 is 16.2 Å². The summed E-state index contributed by atoms with van der Waals surface area (Å²) in [5.41, 5.74) is 4.84. The molecule has 6 nitrogen and oxygen atoms in total. The van der Waals surface area contributed by atoms with Gasteiger partial charge in [0.2, 0.25) is 5.91 Å². The number of rotatable bonds is 4. The first kappa shape index (κ1) is 13.0. The Hall–Kier alpha value is -2.44. The Kier molecular flexibility index (Phi) is 3.74. The lowest BCUT2D eigenvalue weighted by molar-refractivity contribution is -0.128. The summed E-state index contributed by atoms with van der Waals surface area (Å²) >= 11 is 0. The van der Waals surface area contributed by atoms with Gasteiger partial charge in [-0.25, -0.2) is 4.39 Å². The molecular weight excluding hydrogens is 253 g/mol. The van der Waals surface area contributed by atoms with Gasteiger partial charge in [0, 0.05) is 12.1 Å². The molecule has 0 bridgehead atoms. The fourth-order valence-corrected chi connectivity index (χ4v) is 1.71. The molecule has 1 saturated heterocycles. The van der Waals surface area contributed by atoms with E-state index in [2.05, 4.69) is 16.2 Å². The van der Waals surface area contributed by atoms with Crippen molar-refractivity contribution in [3.05, 3.63) is 30.1 Å². The number of nitrogens with one attached hydrogen (secondary N) is 3. The van der Waals surface area contributed by atoms with Crippen LogP contribution in [0.2, 0.25) is 0 Å². The second kappa shape index (κ2) is 5.47. The fourth-order valence-electron chi connectivity index (χ4n) is 1.71. The van der Waals surface area contributed by atoms with Gasteiger partial charge in [-0.2, -0.15) is 0 Å². The van der Waals surface area contributed by atoms with Gasteiger partial charge in [-0.1, -0.05) is 0 Å². The lowest BCUT2D eigenvalue weighted by atomic mass is 10.0. The molecule has 0 unspecified atom stereocenters. The third-order valence-electron chi connectivity index (χ3n) is 2.73. The number of halogens is 1. The van der Waals surface area contributed by atoms with Crippen molar-refractivity contribution in [1.29, 1.82) is 0 Å². The van der Waals surface area contributed by atoms with E-state index in [0.29, 0.717) is 5.69 Å². The maximum absolute atomic E-state index is 12.7. The molecule has 2 rings (SSSR count). The standard InChI is InChI=1S/C12H12FN3O3/c13-7-1-3-8(4-2-7)14-10(17)6-5-9-11(18)15-16-12(9)19/h1-4,9H,5-6H2,(H,14,17)(H,15,18)(H,16,19). The smallest absolute Gasteiger partial charge is 0.251 e. The Labute approximate surface area is 108 Å². The van der Waals surface area contributed by atoms with Gasteiger partial charge < -0.3 is 5.32 Å². The SMILES string of the molecule is O=C(CCC1C(=O)NNC1=O)Nc1ccc(F)cc1. The van der Waals surface area contributed by atoms with E-state index in [-0.39, 0.29) is 18.7 Å². The minimum atomic E-state index is -0.834. The number of benzene rings is 1. The molecule has 1 aromatic rings. The summed E-state index contributed by atoms with van der Waals surface area (Å²) < 4.78 is 12.7. The molecule has 0 aromatic heterocycles. The molecule has 0 radical (unpaired) electrons. The lowest BCUT2D eigenvalue weighted by Crippen LogP contribution is -2.28. The third-order valence-corrected chi connectivity index (χ3v) is 2.73. The van der Waals surface area contributed by atoms with Crippen LogP contribution >= 0.6 is 0 Å². The first-order valence-electron chi connectivity index (χ1n) is 5.71. The van der Waals surface area contributed by atoms with Crippen molar-refractivity contribution in [3.8, 4) is 0 Å². The molecule has 100 valence electrons. The van der Waals surface area contributed by atoms with E-state index >= 15 is 0 Å². The summed E-state index contributed by atoms with van der Waals surface area (Å²) in [6.07, 6.45) is 0.160. The summed E-state index contributed by atoms with van der Waals surface area (Å²) in [5, 5.41) is 2.55. The van der Waals surface area contributed by atoms with Crippen LogP contribution in [-0.2, 0) is 14.4 Å². The van der Waals surface area contributed by atoms with Crippen LogP contribution in [0.5, 0.6) is 0 Å². The molecule has 1 aliphatic rings. The van der Waals surface area contributed by atoms with Crippen molar-refractivity contribution in [2.24, 2.45) is 5.92 Å². The molecule has 1 aromatic carbocycles. The van der Waals surface area contributed by atoms with Crippen LogP contribution in [0.15, 0.2) is 24.3 Å². The van der Waals surface area contributed by atoms with E-state index in [1.165, 1.54) is 24.3 Å². The van der Waals surface area contributed by atoms with Crippen molar-refractivity contribution in [2.45, 2.75) is 12.8 Å². The predicted octanol–water partition coefficient (Wildman–Crippen LogP) is 0.322. The lowest BCUT2D eigenvalue weighted by Gasteiger charge is -2.06. The van der Waals surface area contributed by atoms with Crippen LogP contribution in [0.1, 0.15) is 12.8 Å². The zero-order valence-corrected chi connectivity index (χ0v) is 9.90. The molecule has 19 heavy (non-hydrogen) atoms. The Bertz CT molecular complexity index is 499. The minimum Gasteiger partial charge on any atom is -0.326 e. The quantitative estimate of drug-likeness (QED) is 0.685. The zero-order chi connectivity index (χ0) is 13.8. The van der Waals surface area contributed by atoms with Crippen LogP contribution in [0, 0.1) is 11.7 Å². The van der Waals surface area contributed by atoms with Crippen LogP contribution in [0.4, 0.5) is 10.1 Å². The molecule has 0 saturated carbocycles. The Morgan fingerprint density at radius 2 is 1.74 bits per heavy atom. The summed E-state index contributed by atoms with van der Waals surface area (Å²) in [6, 6.07) is 5.32. The number of amides is 3. The highest BCUT2D eigenvalue weighted by Gasteiger charge is 2.32. The Morgan fingerprint density at radius 3 is 2.32 bits per heavy atom. The molecular formula is C12H12FN3O3. The largest absolute Gasteiger partial charge is 0.326 e. The molecule has 3 N–H and O–H groups in total. The van der Waals surface area contributed by atoms with Gasteiger partial charge in [0.05, 0.1) is 0 Å². The van der Waals surface area contributed by atoms with E-state index in [4.69, 9.17) is 0 Å². The third kappa shape index (κ3) is 3.27. The summed E-state index contributed by atoms with van der Waals surface area (Å²) in [7, 11) is 0. The fraction of sp³-hybridized carbons (Fsp3) is 0.250. The molecule has 1 aliphatic heterocycles. The maximum atomic E-state index is 12.7. The number of carbonyl (C=O) groups excluding carboxylic acids is 3. The summed E-state index contributed by atoms with van der Waals surface area (Å²) in [4.78, 5) is 34.0. The van der Waals surface area contributed by atoms with Crippen molar-refractivity contribution >= 4 is 23.4 Å². The first-order chi connectivity index (χ1) is 9.06. The van der Waals surface area contributed by atoms with Gasteiger partial charge in [0.1, 0.15) is 11.7 Å². The highest BCUT2D eigenvalue weighted by Crippen LogP contribution is 2.13. The predicted molar refractivity (Wildman–Crippen MR) is 64.0 cm³/mol. The van der Waals surface area contributed by atoms with Crippen LogP contribution in [-0.4, -0.2) is 17.7 Å². The number of carbonyl (C=O) groups is 3. The van der Waals surface area contributed by atoms with Crippen molar-refractivity contribution in [2.75, 3.05) is 5.32 Å². The molecule has 1 fully saturated rings. The number of anilines is 1. The molecule has 1 heterocycles. The first-order valence-corrected chi connectivity index (χ1v) is 5.71. The molecule has 0 spiro atoms. The summed E-state index contributed by atoms with van der Waals surface area (Å²) in [6.45, 7) is 0.